The molecule has 2 heterocycles. The largest absolute Gasteiger partial charge is 0.496 e. The van der Waals surface area contributed by atoms with Crippen molar-refractivity contribution in [1.82, 2.24) is 4.90 Å². The van der Waals surface area contributed by atoms with E-state index in [2.05, 4.69) is 10.2 Å². The number of carbonyl (C=O) groups excluding carboxylic acids is 3. The van der Waals surface area contributed by atoms with Gasteiger partial charge in [-0.25, -0.2) is 4.39 Å². The van der Waals surface area contributed by atoms with E-state index in [0.717, 1.165) is 35.4 Å². The molecule has 2 aromatic carbocycles. The average molecular weight is 472 g/mol. The number of rotatable bonds is 6. The Morgan fingerprint density at radius 2 is 1.97 bits per heavy atom. The molecule has 0 aromatic heterocycles. The molecule has 0 aliphatic carbocycles. The molecule has 3 amide bonds. The summed E-state index contributed by atoms with van der Waals surface area (Å²) in [7, 11) is 1.54. The third kappa shape index (κ3) is 5.18. The highest BCUT2D eigenvalue weighted by molar-refractivity contribution is 8.18. The molecule has 0 unspecified atom stereocenters. The summed E-state index contributed by atoms with van der Waals surface area (Å²) in [6.07, 6.45) is 1.57. The molecule has 4 rings (SSSR count). The van der Waals surface area contributed by atoms with E-state index in [1.165, 1.54) is 25.3 Å². The normalized spacial score (nSPS) is 17.6. The fourth-order valence-electron chi connectivity index (χ4n) is 3.51. The molecule has 10 heteroatoms. The second-order valence-corrected chi connectivity index (χ2v) is 8.31. The number of carbonyl (C=O) groups is 3. The molecule has 172 valence electrons. The Hall–Kier alpha value is -3.37. The van der Waals surface area contributed by atoms with Crippen molar-refractivity contribution < 1.29 is 28.2 Å². The van der Waals surface area contributed by atoms with Crippen LogP contribution in [-0.4, -0.2) is 61.9 Å². The van der Waals surface area contributed by atoms with Gasteiger partial charge in [0, 0.05) is 30.4 Å². The van der Waals surface area contributed by atoms with Gasteiger partial charge >= 0.3 is 0 Å². The van der Waals surface area contributed by atoms with Crippen LogP contribution in [0.1, 0.15) is 5.56 Å². The number of hydrogen-bond acceptors (Lipinski definition) is 7. The minimum atomic E-state index is -0.670. The van der Waals surface area contributed by atoms with E-state index in [0.29, 0.717) is 24.5 Å². The van der Waals surface area contributed by atoms with Gasteiger partial charge in [-0.15, -0.1) is 0 Å². The van der Waals surface area contributed by atoms with Gasteiger partial charge in [-0.3, -0.25) is 19.3 Å². The molecule has 0 saturated carbocycles. The minimum absolute atomic E-state index is 0.0184. The molecule has 2 aliphatic rings. The van der Waals surface area contributed by atoms with Crippen LogP contribution in [0.25, 0.3) is 6.08 Å². The number of nitrogens with zero attached hydrogens (tertiary/aromatic N) is 2. The second kappa shape index (κ2) is 10.1. The highest BCUT2D eigenvalue weighted by Gasteiger charge is 2.36. The standard InChI is InChI=1S/C23H22FN3O5S/c1-31-19-13-16(26-8-10-32-11-9-26)7-6-15(19)12-20-22(29)27(23(30)33-20)14-21(28)25-18-5-3-2-4-17(18)24/h2-7,12-13H,8-11,14H2,1H3,(H,25,28)/b20-12-. The number of morpholine rings is 1. The number of anilines is 2. The smallest absolute Gasteiger partial charge is 0.294 e. The number of benzene rings is 2. The summed E-state index contributed by atoms with van der Waals surface area (Å²) in [5.74, 6) is -1.31. The Morgan fingerprint density at radius 1 is 1.21 bits per heavy atom. The molecule has 2 aliphatic heterocycles. The lowest BCUT2D eigenvalue weighted by Gasteiger charge is -2.29. The zero-order chi connectivity index (χ0) is 23.4. The van der Waals surface area contributed by atoms with Crippen molar-refractivity contribution in [3.05, 3.63) is 58.8 Å². The van der Waals surface area contributed by atoms with Crippen molar-refractivity contribution in [3.63, 3.8) is 0 Å². The average Bonchev–Trinajstić information content (AvgIpc) is 3.08. The van der Waals surface area contributed by atoms with Crippen LogP contribution in [0.2, 0.25) is 0 Å². The van der Waals surface area contributed by atoms with Crippen LogP contribution in [-0.2, 0) is 14.3 Å². The van der Waals surface area contributed by atoms with Gasteiger partial charge in [-0.2, -0.15) is 0 Å². The van der Waals surface area contributed by atoms with Crippen molar-refractivity contribution >= 4 is 46.3 Å². The number of para-hydroxylation sites is 1. The van der Waals surface area contributed by atoms with Gasteiger partial charge < -0.3 is 19.7 Å². The Labute approximate surface area is 194 Å². The first-order chi connectivity index (χ1) is 16.0. The van der Waals surface area contributed by atoms with Crippen molar-refractivity contribution in [1.29, 1.82) is 0 Å². The molecule has 2 saturated heterocycles. The molecule has 33 heavy (non-hydrogen) atoms. The lowest BCUT2D eigenvalue weighted by atomic mass is 10.1. The van der Waals surface area contributed by atoms with E-state index in [-0.39, 0.29) is 10.6 Å². The molecule has 0 atom stereocenters. The predicted molar refractivity (Wildman–Crippen MR) is 124 cm³/mol. The van der Waals surface area contributed by atoms with Gasteiger partial charge in [-0.1, -0.05) is 12.1 Å². The highest BCUT2D eigenvalue weighted by Crippen LogP contribution is 2.35. The summed E-state index contributed by atoms with van der Waals surface area (Å²) in [4.78, 5) is 40.6. The van der Waals surface area contributed by atoms with Crippen LogP contribution in [0.4, 0.5) is 20.6 Å². The van der Waals surface area contributed by atoms with E-state index in [4.69, 9.17) is 9.47 Å². The Balaban J connectivity index is 1.48. The first-order valence-corrected chi connectivity index (χ1v) is 11.1. The van der Waals surface area contributed by atoms with Crippen molar-refractivity contribution in [3.8, 4) is 5.75 Å². The highest BCUT2D eigenvalue weighted by atomic mass is 32.2. The number of thioether (sulfide) groups is 1. The number of imide groups is 1. The summed E-state index contributed by atoms with van der Waals surface area (Å²) >= 11 is 0.741. The first kappa shape index (κ1) is 22.8. The van der Waals surface area contributed by atoms with Gasteiger partial charge in [0.1, 0.15) is 18.1 Å². The van der Waals surface area contributed by atoms with Crippen LogP contribution in [0, 0.1) is 5.82 Å². The summed E-state index contributed by atoms with van der Waals surface area (Å²) < 4.78 is 24.6. The summed E-state index contributed by atoms with van der Waals surface area (Å²) in [5, 5.41) is 1.81. The predicted octanol–water partition coefficient (Wildman–Crippen LogP) is 3.35. The summed E-state index contributed by atoms with van der Waals surface area (Å²) in [6.45, 7) is 2.35. The zero-order valence-electron chi connectivity index (χ0n) is 17.9. The Bertz CT molecular complexity index is 1120. The van der Waals surface area contributed by atoms with Crippen molar-refractivity contribution in [2.45, 2.75) is 0 Å². The topological polar surface area (TPSA) is 88.2 Å². The van der Waals surface area contributed by atoms with Gasteiger partial charge in [-0.05, 0) is 42.1 Å². The molecule has 8 nitrogen and oxygen atoms in total. The monoisotopic (exact) mass is 471 g/mol. The van der Waals surface area contributed by atoms with E-state index in [1.807, 2.05) is 18.2 Å². The number of hydrogen-bond donors (Lipinski definition) is 1. The molecule has 0 bridgehead atoms. The fourth-order valence-corrected chi connectivity index (χ4v) is 4.34. The summed E-state index contributed by atoms with van der Waals surface area (Å²) in [5.41, 5.74) is 1.59. The van der Waals surface area contributed by atoms with E-state index in [1.54, 1.807) is 12.1 Å². The van der Waals surface area contributed by atoms with Crippen LogP contribution < -0.4 is 15.0 Å². The quantitative estimate of drug-likeness (QED) is 0.647. The number of amides is 3. The lowest BCUT2D eigenvalue weighted by Crippen LogP contribution is -2.36. The van der Waals surface area contributed by atoms with Gasteiger partial charge in [0.15, 0.2) is 0 Å². The molecule has 2 aromatic rings. The first-order valence-electron chi connectivity index (χ1n) is 10.3. The van der Waals surface area contributed by atoms with Gasteiger partial charge in [0.05, 0.1) is 30.9 Å². The molecule has 0 radical (unpaired) electrons. The maximum atomic E-state index is 13.7. The van der Waals surface area contributed by atoms with E-state index < -0.39 is 29.4 Å². The molecule has 1 N–H and O–H groups in total. The molecular formula is C23H22FN3O5S. The van der Waals surface area contributed by atoms with Crippen LogP contribution in [0.15, 0.2) is 47.4 Å². The van der Waals surface area contributed by atoms with Gasteiger partial charge in [0.2, 0.25) is 5.91 Å². The number of ether oxygens (including phenoxy) is 2. The number of halogens is 1. The third-order valence-corrected chi connectivity index (χ3v) is 6.11. The Kier molecular flexibility index (Phi) is 6.95. The Morgan fingerprint density at radius 3 is 2.70 bits per heavy atom. The van der Waals surface area contributed by atoms with Crippen molar-refractivity contribution in [2.24, 2.45) is 0 Å². The maximum Gasteiger partial charge on any atom is 0.294 e. The second-order valence-electron chi connectivity index (χ2n) is 7.32. The van der Waals surface area contributed by atoms with Crippen LogP contribution in [0.5, 0.6) is 5.75 Å². The fraction of sp³-hybridized carbons (Fsp3) is 0.261. The van der Waals surface area contributed by atoms with Gasteiger partial charge in [0.25, 0.3) is 11.1 Å². The van der Waals surface area contributed by atoms with Crippen molar-refractivity contribution in [2.75, 3.05) is 50.2 Å². The maximum absolute atomic E-state index is 13.7. The number of methoxy groups -OCH3 is 1. The minimum Gasteiger partial charge on any atom is -0.496 e. The lowest BCUT2D eigenvalue weighted by molar-refractivity contribution is -0.127. The summed E-state index contributed by atoms with van der Waals surface area (Å²) in [6, 6.07) is 11.3. The van der Waals surface area contributed by atoms with Crippen LogP contribution in [0.3, 0.4) is 0 Å². The SMILES string of the molecule is COc1cc(N2CCOCC2)ccc1/C=C1\SC(=O)N(CC(=O)Nc2ccccc2F)C1=O. The third-order valence-electron chi connectivity index (χ3n) is 5.20. The van der Waals surface area contributed by atoms with Crippen LogP contribution >= 0.6 is 11.8 Å². The van der Waals surface area contributed by atoms with E-state index >= 15 is 0 Å². The molecular weight excluding hydrogens is 449 g/mol. The zero-order valence-corrected chi connectivity index (χ0v) is 18.7. The molecule has 2 fully saturated rings. The van der Waals surface area contributed by atoms with E-state index in [9.17, 15) is 18.8 Å². The number of nitrogens with one attached hydrogen (secondary N) is 1. The molecule has 0 spiro atoms.